The van der Waals surface area contributed by atoms with Crippen molar-refractivity contribution in [2.45, 2.75) is 36.2 Å². The summed E-state index contributed by atoms with van der Waals surface area (Å²) in [4.78, 5) is 13.3. The summed E-state index contributed by atoms with van der Waals surface area (Å²) < 4.78 is 28.2. The maximum absolute atomic E-state index is 13.3. The normalized spacial score (nSPS) is 17.9. The average molecular weight is 461 g/mol. The second kappa shape index (κ2) is 8.51. The summed E-state index contributed by atoms with van der Waals surface area (Å²) in [5.41, 5.74) is 2.77. The minimum absolute atomic E-state index is 0.167. The Labute approximate surface area is 185 Å². The van der Waals surface area contributed by atoms with Gasteiger partial charge >= 0.3 is 0 Å². The van der Waals surface area contributed by atoms with Crippen LogP contribution in [0.4, 0.5) is 0 Å². The minimum atomic E-state index is -3.79. The Morgan fingerprint density at radius 2 is 1.90 bits per heavy atom. The van der Waals surface area contributed by atoms with Gasteiger partial charge in [0.2, 0.25) is 5.91 Å². The van der Waals surface area contributed by atoms with Gasteiger partial charge in [0.1, 0.15) is 10.3 Å². The number of fused-ring (bicyclic) bond motifs is 1. The molecule has 1 aliphatic rings. The number of nitrogens with one attached hydrogen (secondary N) is 1. The van der Waals surface area contributed by atoms with Crippen LogP contribution in [0, 0.1) is 0 Å². The molecule has 1 aromatic heterocycles. The van der Waals surface area contributed by atoms with Crippen molar-refractivity contribution in [3.05, 3.63) is 87.8 Å². The quantitative estimate of drug-likeness (QED) is 0.613. The van der Waals surface area contributed by atoms with Crippen molar-refractivity contribution in [2.24, 2.45) is 0 Å². The fourth-order valence-corrected chi connectivity index (χ4v) is 6.55. The molecule has 8 heteroatoms. The van der Waals surface area contributed by atoms with Crippen molar-refractivity contribution < 1.29 is 13.2 Å². The molecule has 3 aromatic rings. The molecule has 156 valence electrons. The summed E-state index contributed by atoms with van der Waals surface area (Å²) in [7, 11) is -3.79. The highest BCUT2D eigenvalue weighted by molar-refractivity contribution is 7.91. The van der Waals surface area contributed by atoms with Crippen LogP contribution in [0.15, 0.2) is 70.3 Å². The molecule has 2 unspecified atom stereocenters. The molecule has 2 heterocycles. The number of sulfonamides is 1. The van der Waals surface area contributed by atoms with Gasteiger partial charge in [0, 0.05) is 11.6 Å². The number of benzene rings is 2. The first-order chi connectivity index (χ1) is 14.4. The molecule has 2 aromatic carbocycles. The minimum Gasteiger partial charge on any atom is -0.348 e. The van der Waals surface area contributed by atoms with Crippen LogP contribution in [-0.2, 0) is 27.8 Å². The van der Waals surface area contributed by atoms with Crippen LogP contribution >= 0.6 is 22.9 Å². The fraction of sp³-hybridized carbons (Fsp3) is 0.227. The van der Waals surface area contributed by atoms with Crippen LogP contribution in [-0.4, -0.2) is 24.7 Å². The lowest BCUT2D eigenvalue weighted by molar-refractivity contribution is -0.125. The Morgan fingerprint density at radius 1 is 1.13 bits per heavy atom. The SMILES string of the molecule is CC(NC(=O)C1Cc2ccccc2CN1S(=O)(=O)c1cccs1)c1cccc(Cl)c1. The van der Waals surface area contributed by atoms with E-state index in [1.54, 1.807) is 29.6 Å². The molecule has 30 heavy (non-hydrogen) atoms. The molecule has 2 atom stereocenters. The molecule has 0 saturated carbocycles. The molecule has 4 rings (SSSR count). The lowest BCUT2D eigenvalue weighted by Gasteiger charge is -2.35. The molecule has 5 nitrogen and oxygen atoms in total. The van der Waals surface area contributed by atoms with Gasteiger partial charge in [-0.3, -0.25) is 4.79 Å². The molecule has 0 radical (unpaired) electrons. The maximum atomic E-state index is 13.3. The predicted molar refractivity (Wildman–Crippen MR) is 119 cm³/mol. The van der Waals surface area contributed by atoms with Gasteiger partial charge in [0.25, 0.3) is 10.0 Å². The molecule has 1 aliphatic heterocycles. The van der Waals surface area contributed by atoms with Gasteiger partial charge < -0.3 is 5.32 Å². The fourth-order valence-electron chi connectivity index (χ4n) is 3.67. The highest BCUT2D eigenvalue weighted by Crippen LogP contribution is 2.31. The molecule has 0 bridgehead atoms. The molecule has 0 aliphatic carbocycles. The molecule has 1 amide bonds. The van der Waals surface area contributed by atoms with Gasteiger partial charge in [-0.05, 0) is 53.6 Å². The standard InChI is InChI=1S/C22H21ClN2O3S2/c1-15(16-8-4-9-19(23)12-16)24-22(26)20-13-17-6-2-3-7-18(17)14-25(20)30(27,28)21-10-5-11-29-21/h2-12,15,20H,13-14H2,1H3,(H,24,26). The Morgan fingerprint density at radius 3 is 2.60 bits per heavy atom. The van der Waals surface area contributed by atoms with Crippen LogP contribution in [0.3, 0.4) is 0 Å². The number of thiophene rings is 1. The van der Waals surface area contributed by atoms with Crippen molar-refractivity contribution in [3.63, 3.8) is 0 Å². The third-order valence-electron chi connectivity index (χ3n) is 5.27. The van der Waals surface area contributed by atoms with Gasteiger partial charge in [0.05, 0.1) is 6.04 Å². The highest BCUT2D eigenvalue weighted by Gasteiger charge is 2.40. The van der Waals surface area contributed by atoms with Crippen molar-refractivity contribution in [1.82, 2.24) is 9.62 Å². The first kappa shape index (κ1) is 21.1. The van der Waals surface area contributed by atoms with Gasteiger partial charge in [-0.15, -0.1) is 11.3 Å². The van der Waals surface area contributed by atoms with Gasteiger partial charge in [-0.25, -0.2) is 8.42 Å². The van der Waals surface area contributed by atoms with E-state index in [9.17, 15) is 13.2 Å². The zero-order valence-corrected chi connectivity index (χ0v) is 18.7. The van der Waals surface area contributed by atoms with E-state index in [2.05, 4.69) is 5.32 Å². The zero-order valence-electron chi connectivity index (χ0n) is 16.3. The number of halogens is 1. The average Bonchev–Trinajstić information content (AvgIpc) is 3.28. The van der Waals surface area contributed by atoms with E-state index in [0.717, 1.165) is 28.0 Å². The molecular formula is C22H21ClN2O3S2. The summed E-state index contributed by atoms with van der Waals surface area (Å²) in [6.45, 7) is 2.03. The van der Waals surface area contributed by atoms with Crippen LogP contribution in [0.5, 0.6) is 0 Å². The van der Waals surface area contributed by atoms with E-state index in [1.807, 2.05) is 43.3 Å². The Kier molecular flexibility index (Phi) is 5.97. The highest BCUT2D eigenvalue weighted by atomic mass is 35.5. The molecule has 1 N–H and O–H groups in total. The van der Waals surface area contributed by atoms with E-state index in [4.69, 9.17) is 11.6 Å². The topological polar surface area (TPSA) is 66.5 Å². The number of carbonyl (C=O) groups is 1. The Hall–Kier alpha value is -2.19. The number of nitrogens with zero attached hydrogens (tertiary/aromatic N) is 1. The van der Waals surface area contributed by atoms with E-state index in [0.29, 0.717) is 11.4 Å². The monoisotopic (exact) mass is 460 g/mol. The number of amides is 1. The summed E-state index contributed by atoms with van der Waals surface area (Å²) in [5.74, 6) is -0.322. The van der Waals surface area contributed by atoms with Crippen LogP contribution in [0.2, 0.25) is 5.02 Å². The zero-order chi connectivity index (χ0) is 21.3. The third kappa shape index (κ3) is 4.16. The molecular weight excluding hydrogens is 440 g/mol. The van der Waals surface area contributed by atoms with E-state index in [-0.39, 0.29) is 22.7 Å². The summed E-state index contributed by atoms with van der Waals surface area (Å²) in [6, 6.07) is 17.1. The molecule has 0 spiro atoms. The van der Waals surface area contributed by atoms with E-state index >= 15 is 0 Å². The second-order valence-corrected chi connectivity index (χ2v) is 10.8. The first-order valence-corrected chi connectivity index (χ1v) is 12.2. The summed E-state index contributed by atoms with van der Waals surface area (Å²) in [5, 5.41) is 5.28. The van der Waals surface area contributed by atoms with Crippen LogP contribution in [0.25, 0.3) is 0 Å². The van der Waals surface area contributed by atoms with Crippen molar-refractivity contribution in [1.29, 1.82) is 0 Å². The summed E-state index contributed by atoms with van der Waals surface area (Å²) in [6.07, 6.45) is 0.328. The lowest BCUT2D eigenvalue weighted by Crippen LogP contribution is -2.52. The first-order valence-electron chi connectivity index (χ1n) is 9.54. The summed E-state index contributed by atoms with van der Waals surface area (Å²) >= 11 is 7.23. The van der Waals surface area contributed by atoms with Gasteiger partial charge in [0.15, 0.2) is 0 Å². The lowest BCUT2D eigenvalue weighted by atomic mass is 9.95. The predicted octanol–water partition coefficient (Wildman–Crippen LogP) is 4.39. The van der Waals surface area contributed by atoms with Gasteiger partial charge in [-0.1, -0.05) is 54.1 Å². The Bertz CT molecular complexity index is 1160. The maximum Gasteiger partial charge on any atom is 0.253 e. The van der Waals surface area contributed by atoms with Crippen LogP contribution in [0.1, 0.15) is 29.7 Å². The smallest absolute Gasteiger partial charge is 0.253 e. The van der Waals surface area contributed by atoms with E-state index in [1.165, 1.54) is 4.31 Å². The van der Waals surface area contributed by atoms with Crippen molar-refractivity contribution in [3.8, 4) is 0 Å². The molecule has 0 fully saturated rings. The second-order valence-electron chi connectivity index (χ2n) is 7.26. The number of hydrogen-bond donors (Lipinski definition) is 1. The van der Waals surface area contributed by atoms with Crippen LogP contribution < -0.4 is 5.32 Å². The van der Waals surface area contributed by atoms with Gasteiger partial charge in [-0.2, -0.15) is 4.31 Å². The number of rotatable bonds is 5. The number of carbonyl (C=O) groups excluding carboxylic acids is 1. The van der Waals surface area contributed by atoms with Crippen molar-refractivity contribution in [2.75, 3.05) is 0 Å². The largest absolute Gasteiger partial charge is 0.348 e. The van der Waals surface area contributed by atoms with E-state index < -0.39 is 16.1 Å². The third-order valence-corrected chi connectivity index (χ3v) is 8.74. The molecule has 0 saturated heterocycles. The van der Waals surface area contributed by atoms with Crippen molar-refractivity contribution >= 4 is 38.9 Å². The number of hydrogen-bond acceptors (Lipinski definition) is 4. The Balaban J connectivity index is 1.65.